The summed E-state index contributed by atoms with van der Waals surface area (Å²) in [4.78, 5) is 18.2. The molecule has 1 aliphatic carbocycles. The lowest BCUT2D eigenvalue weighted by Crippen LogP contribution is -2.38. The first kappa shape index (κ1) is 18.0. The Morgan fingerprint density at radius 2 is 2.13 bits per heavy atom. The van der Waals surface area contributed by atoms with Crippen LogP contribution in [0.2, 0.25) is 5.02 Å². The summed E-state index contributed by atoms with van der Waals surface area (Å²) in [7, 11) is 1.96. The van der Waals surface area contributed by atoms with Gasteiger partial charge in [-0.1, -0.05) is 11.6 Å². The van der Waals surface area contributed by atoms with E-state index in [-0.39, 0.29) is 18.1 Å². The lowest BCUT2D eigenvalue weighted by molar-refractivity contribution is -0.122. The summed E-state index contributed by atoms with van der Waals surface area (Å²) in [6, 6.07) is 3.88. The summed E-state index contributed by atoms with van der Waals surface area (Å²) in [6.07, 6.45) is 7.20. The Balaban J connectivity index is 1.61. The molecule has 2 N–H and O–H groups in total. The van der Waals surface area contributed by atoms with Crippen LogP contribution in [-0.4, -0.2) is 41.7 Å². The van der Waals surface area contributed by atoms with Crippen molar-refractivity contribution in [2.24, 2.45) is 0 Å². The van der Waals surface area contributed by atoms with Gasteiger partial charge in [0.1, 0.15) is 5.82 Å². The fourth-order valence-electron chi connectivity index (χ4n) is 2.92. The van der Waals surface area contributed by atoms with Crippen molar-refractivity contribution in [1.29, 1.82) is 0 Å². The summed E-state index contributed by atoms with van der Waals surface area (Å²) < 4.78 is 0. The van der Waals surface area contributed by atoms with Gasteiger partial charge in [-0.15, -0.1) is 0 Å². The van der Waals surface area contributed by atoms with Crippen LogP contribution in [0.3, 0.4) is 0 Å². The highest BCUT2D eigenvalue weighted by molar-refractivity contribution is 6.32. The molecule has 6 heteroatoms. The van der Waals surface area contributed by atoms with E-state index in [1.54, 1.807) is 6.20 Å². The number of pyridine rings is 1. The Morgan fingerprint density at radius 3 is 2.83 bits per heavy atom. The number of rotatable bonds is 7. The van der Waals surface area contributed by atoms with Gasteiger partial charge in [-0.05, 0) is 50.7 Å². The maximum Gasteiger partial charge on any atom is 0.220 e. The standard InChI is InChI=1S/C17H26ClN3O2/c1-21(17-15(18)5-4-11-19-17)12-3-2-6-16(23)20-13-7-9-14(22)10-8-13/h4-5,11,13-14,22H,2-3,6-10,12H2,1H3,(H,20,23). The molecule has 0 spiro atoms. The van der Waals surface area contributed by atoms with Gasteiger partial charge in [0.2, 0.25) is 5.91 Å². The minimum Gasteiger partial charge on any atom is -0.393 e. The van der Waals surface area contributed by atoms with Crippen LogP contribution in [0.1, 0.15) is 44.9 Å². The van der Waals surface area contributed by atoms with Gasteiger partial charge in [-0.25, -0.2) is 4.98 Å². The zero-order chi connectivity index (χ0) is 16.7. The van der Waals surface area contributed by atoms with Crippen molar-refractivity contribution in [2.45, 2.75) is 57.1 Å². The van der Waals surface area contributed by atoms with Gasteiger partial charge in [0.15, 0.2) is 0 Å². The Hall–Kier alpha value is -1.33. The van der Waals surface area contributed by atoms with E-state index in [0.29, 0.717) is 11.4 Å². The van der Waals surface area contributed by atoms with Crippen LogP contribution in [0.5, 0.6) is 0 Å². The summed E-state index contributed by atoms with van der Waals surface area (Å²) in [5.41, 5.74) is 0. The molecular formula is C17H26ClN3O2. The van der Waals surface area contributed by atoms with Crippen LogP contribution in [0.25, 0.3) is 0 Å². The van der Waals surface area contributed by atoms with Crippen molar-refractivity contribution >= 4 is 23.3 Å². The number of halogens is 1. The van der Waals surface area contributed by atoms with E-state index in [9.17, 15) is 9.90 Å². The van der Waals surface area contributed by atoms with E-state index in [0.717, 1.165) is 50.9 Å². The predicted octanol–water partition coefficient (Wildman–Crippen LogP) is 2.76. The van der Waals surface area contributed by atoms with Gasteiger partial charge in [0.25, 0.3) is 0 Å². The van der Waals surface area contributed by atoms with Crippen molar-refractivity contribution < 1.29 is 9.90 Å². The third-order valence-electron chi connectivity index (χ3n) is 4.31. The fourth-order valence-corrected chi connectivity index (χ4v) is 3.18. The van der Waals surface area contributed by atoms with Crippen molar-refractivity contribution in [1.82, 2.24) is 10.3 Å². The van der Waals surface area contributed by atoms with E-state index in [1.165, 1.54) is 0 Å². The molecule has 1 saturated carbocycles. The number of hydrogen-bond donors (Lipinski definition) is 2. The smallest absolute Gasteiger partial charge is 0.220 e. The average Bonchev–Trinajstić information content (AvgIpc) is 2.54. The van der Waals surface area contributed by atoms with Gasteiger partial charge in [-0.3, -0.25) is 4.79 Å². The van der Waals surface area contributed by atoms with Gasteiger partial charge < -0.3 is 15.3 Å². The third-order valence-corrected chi connectivity index (χ3v) is 4.60. The molecule has 0 aliphatic heterocycles. The molecule has 0 saturated heterocycles. The molecular weight excluding hydrogens is 314 g/mol. The number of carbonyl (C=O) groups excluding carboxylic acids is 1. The van der Waals surface area contributed by atoms with Crippen molar-refractivity contribution in [3.8, 4) is 0 Å². The van der Waals surface area contributed by atoms with E-state index < -0.39 is 0 Å². The van der Waals surface area contributed by atoms with E-state index in [2.05, 4.69) is 10.3 Å². The highest BCUT2D eigenvalue weighted by atomic mass is 35.5. The minimum atomic E-state index is -0.183. The maximum absolute atomic E-state index is 11.9. The molecule has 128 valence electrons. The molecule has 1 aromatic heterocycles. The molecule has 0 bridgehead atoms. The third kappa shape index (κ3) is 5.99. The zero-order valence-electron chi connectivity index (χ0n) is 13.7. The lowest BCUT2D eigenvalue weighted by Gasteiger charge is -2.26. The van der Waals surface area contributed by atoms with Gasteiger partial charge >= 0.3 is 0 Å². The first-order valence-corrected chi connectivity index (χ1v) is 8.73. The number of unbranched alkanes of at least 4 members (excludes halogenated alkanes) is 1. The maximum atomic E-state index is 11.9. The number of amides is 1. The van der Waals surface area contributed by atoms with Gasteiger partial charge in [-0.2, -0.15) is 0 Å². The van der Waals surface area contributed by atoms with E-state index in [4.69, 9.17) is 11.6 Å². The van der Waals surface area contributed by atoms with Crippen LogP contribution < -0.4 is 10.2 Å². The number of nitrogens with zero attached hydrogens (tertiary/aromatic N) is 2. The molecule has 23 heavy (non-hydrogen) atoms. The molecule has 0 atom stereocenters. The number of aromatic nitrogens is 1. The SMILES string of the molecule is CN(CCCCC(=O)NC1CCC(O)CC1)c1ncccc1Cl. The number of hydrogen-bond acceptors (Lipinski definition) is 4. The molecule has 5 nitrogen and oxygen atoms in total. The topological polar surface area (TPSA) is 65.5 Å². The monoisotopic (exact) mass is 339 g/mol. The summed E-state index contributed by atoms with van der Waals surface area (Å²) >= 11 is 6.11. The number of nitrogens with one attached hydrogen (secondary N) is 1. The van der Waals surface area contributed by atoms with Crippen LogP contribution in [0.15, 0.2) is 18.3 Å². The minimum absolute atomic E-state index is 0.116. The van der Waals surface area contributed by atoms with Crippen LogP contribution in [-0.2, 0) is 4.79 Å². The molecule has 2 rings (SSSR count). The Morgan fingerprint density at radius 1 is 1.39 bits per heavy atom. The van der Waals surface area contributed by atoms with Crippen molar-refractivity contribution in [2.75, 3.05) is 18.5 Å². The largest absolute Gasteiger partial charge is 0.393 e. The van der Waals surface area contributed by atoms with E-state index >= 15 is 0 Å². The molecule has 0 radical (unpaired) electrons. The molecule has 1 aliphatic rings. The summed E-state index contributed by atoms with van der Waals surface area (Å²) in [6.45, 7) is 0.819. The Labute approximate surface area is 143 Å². The van der Waals surface area contributed by atoms with E-state index in [1.807, 2.05) is 24.1 Å². The first-order chi connectivity index (χ1) is 11.1. The highest BCUT2D eigenvalue weighted by Crippen LogP contribution is 2.21. The quantitative estimate of drug-likeness (QED) is 0.750. The number of carbonyl (C=O) groups is 1. The molecule has 0 unspecified atom stereocenters. The molecule has 1 heterocycles. The van der Waals surface area contributed by atoms with Crippen LogP contribution in [0, 0.1) is 0 Å². The predicted molar refractivity (Wildman–Crippen MR) is 92.8 cm³/mol. The lowest BCUT2D eigenvalue weighted by atomic mass is 9.93. The van der Waals surface area contributed by atoms with Crippen molar-refractivity contribution in [3.05, 3.63) is 23.4 Å². The highest BCUT2D eigenvalue weighted by Gasteiger charge is 2.20. The molecule has 1 amide bonds. The summed E-state index contributed by atoms with van der Waals surface area (Å²) in [5, 5.41) is 13.2. The van der Waals surface area contributed by atoms with Gasteiger partial charge in [0.05, 0.1) is 11.1 Å². The number of aliphatic hydroxyl groups excluding tert-OH is 1. The average molecular weight is 340 g/mol. The fraction of sp³-hybridized carbons (Fsp3) is 0.647. The second kappa shape index (κ2) is 9.08. The molecule has 1 fully saturated rings. The number of aliphatic hydroxyl groups is 1. The second-order valence-corrected chi connectivity index (χ2v) is 6.67. The Bertz CT molecular complexity index is 504. The van der Waals surface area contributed by atoms with Crippen LogP contribution in [0.4, 0.5) is 5.82 Å². The zero-order valence-corrected chi connectivity index (χ0v) is 14.4. The normalized spacial score (nSPS) is 21.0. The Kier molecular flexibility index (Phi) is 7.12. The first-order valence-electron chi connectivity index (χ1n) is 8.35. The molecule has 1 aromatic rings. The second-order valence-electron chi connectivity index (χ2n) is 6.26. The van der Waals surface area contributed by atoms with Gasteiger partial charge in [0, 0.05) is 32.3 Å². The molecule has 0 aromatic carbocycles. The summed E-state index contributed by atoms with van der Waals surface area (Å²) in [5.74, 6) is 0.893. The number of anilines is 1. The van der Waals surface area contributed by atoms with Crippen molar-refractivity contribution in [3.63, 3.8) is 0 Å². The van der Waals surface area contributed by atoms with Crippen LogP contribution >= 0.6 is 11.6 Å².